The number of hydrogen-bond donors (Lipinski definition) is 1. The van der Waals surface area contributed by atoms with Crippen LogP contribution in [0.2, 0.25) is 10.0 Å². The molecule has 1 aromatic heterocycles. The number of halogens is 2. The fourth-order valence-corrected chi connectivity index (χ4v) is 3.30. The van der Waals surface area contributed by atoms with E-state index in [1.54, 1.807) is 36.4 Å². The van der Waals surface area contributed by atoms with Crippen LogP contribution in [0.1, 0.15) is 10.4 Å². The van der Waals surface area contributed by atoms with Crippen molar-refractivity contribution < 1.29 is 23.8 Å². The average molecular weight is 457 g/mol. The summed E-state index contributed by atoms with van der Waals surface area (Å²) in [6.07, 6.45) is 0. The zero-order valence-electron chi connectivity index (χ0n) is 16.0. The van der Waals surface area contributed by atoms with Gasteiger partial charge in [-0.05, 0) is 48.5 Å². The van der Waals surface area contributed by atoms with Crippen LogP contribution in [0.15, 0.2) is 69.9 Å². The first-order chi connectivity index (χ1) is 14.9. The summed E-state index contributed by atoms with van der Waals surface area (Å²) in [4.78, 5) is 26.0. The second-order valence-electron chi connectivity index (χ2n) is 6.49. The quantitative estimate of drug-likeness (QED) is 0.396. The van der Waals surface area contributed by atoms with E-state index in [1.165, 1.54) is 31.4 Å². The summed E-state index contributed by atoms with van der Waals surface area (Å²) >= 11 is 12.1. The van der Waals surface area contributed by atoms with Crippen molar-refractivity contribution in [3.63, 3.8) is 0 Å². The summed E-state index contributed by atoms with van der Waals surface area (Å²) in [6.45, 7) is 0. The van der Waals surface area contributed by atoms with E-state index in [0.717, 1.165) is 0 Å². The minimum absolute atomic E-state index is 0.0290. The van der Waals surface area contributed by atoms with Crippen molar-refractivity contribution >= 4 is 40.1 Å². The topological polar surface area (TPSA) is 86.0 Å². The molecule has 0 amide bonds. The number of fused-ring (bicyclic) bond motifs is 1. The van der Waals surface area contributed by atoms with Crippen LogP contribution in [-0.4, -0.2) is 18.2 Å². The van der Waals surface area contributed by atoms with Crippen molar-refractivity contribution in [3.8, 4) is 28.6 Å². The highest BCUT2D eigenvalue weighted by Crippen LogP contribution is 2.35. The van der Waals surface area contributed by atoms with E-state index in [0.29, 0.717) is 16.2 Å². The molecule has 0 aliphatic carbocycles. The molecule has 1 heterocycles. The summed E-state index contributed by atoms with van der Waals surface area (Å²) in [5.74, 6) is -1.15. The van der Waals surface area contributed by atoms with Crippen molar-refractivity contribution in [2.75, 3.05) is 7.11 Å². The Morgan fingerprint density at radius 1 is 1.00 bits per heavy atom. The van der Waals surface area contributed by atoms with E-state index in [-0.39, 0.29) is 39.0 Å². The lowest BCUT2D eigenvalue weighted by molar-refractivity contribution is 0.0731. The van der Waals surface area contributed by atoms with Crippen LogP contribution in [0.5, 0.6) is 17.2 Å². The highest BCUT2D eigenvalue weighted by atomic mass is 35.5. The summed E-state index contributed by atoms with van der Waals surface area (Å²) in [5, 5.41) is 10.6. The number of aromatic hydroxyl groups is 1. The van der Waals surface area contributed by atoms with E-state index in [1.807, 2.05) is 0 Å². The summed E-state index contributed by atoms with van der Waals surface area (Å²) in [7, 11) is 1.35. The molecule has 0 radical (unpaired) electrons. The van der Waals surface area contributed by atoms with Crippen LogP contribution in [0.3, 0.4) is 0 Å². The number of esters is 1. The van der Waals surface area contributed by atoms with Crippen LogP contribution in [0, 0.1) is 0 Å². The molecule has 6 nitrogen and oxygen atoms in total. The molecular formula is C23H14Cl2O6. The third kappa shape index (κ3) is 3.95. The average Bonchev–Trinajstić information content (AvgIpc) is 2.77. The van der Waals surface area contributed by atoms with Gasteiger partial charge in [0.15, 0.2) is 17.3 Å². The standard InChI is InChI=1S/C23H14Cl2O6/c1-29-19-11-13(7-9-17(19)26)23(28)31-22-20(27)14-4-2-3-5-18(14)30-21(22)12-6-8-15(24)16(25)10-12/h2-11,26H,1H3. The van der Waals surface area contributed by atoms with E-state index in [9.17, 15) is 14.7 Å². The van der Waals surface area contributed by atoms with E-state index >= 15 is 0 Å². The normalized spacial score (nSPS) is 10.8. The Morgan fingerprint density at radius 3 is 2.52 bits per heavy atom. The van der Waals surface area contributed by atoms with Gasteiger partial charge < -0.3 is 19.0 Å². The van der Waals surface area contributed by atoms with Gasteiger partial charge in [0.25, 0.3) is 0 Å². The maximum atomic E-state index is 13.2. The number of para-hydroxylation sites is 1. The van der Waals surface area contributed by atoms with Crippen molar-refractivity contribution in [2.24, 2.45) is 0 Å². The highest BCUT2D eigenvalue weighted by Gasteiger charge is 2.22. The summed E-state index contributed by atoms with van der Waals surface area (Å²) in [6, 6.07) is 15.2. The molecule has 0 fully saturated rings. The Bertz CT molecular complexity index is 1380. The molecule has 0 unspecified atom stereocenters. The predicted octanol–water partition coefficient (Wildman–Crippen LogP) is 5.70. The van der Waals surface area contributed by atoms with Crippen molar-refractivity contribution in [2.45, 2.75) is 0 Å². The van der Waals surface area contributed by atoms with Crippen molar-refractivity contribution in [1.82, 2.24) is 0 Å². The van der Waals surface area contributed by atoms with Gasteiger partial charge in [-0.25, -0.2) is 4.79 Å². The first kappa shape index (κ1) is 20.8. The maximum Gasteiger partial charge on any atom is 0.343 e. The third-order valence-corrected chi connectivity index (χ3v) is 5.29. The van der Waals surface area contributed by atoms with Crippen molar-refractivity contribution in [3.05, 3.63) is 86.5 Å². The van der Waals surface area contributed by atoms with Gasteiger partial charge in [0.05, 0.1) is 28.1 Å². The molecule has 1 N–H and O–H groups in total. The molecular weight excluding hydrogens is 443 g/mol. The number of benzene rings is 3. The monoisotopic (exact) mass is 456 g/mol. The molecule has 156 valence electrons. The van der Waals surface area contributed by atoms with Crippen LogP contribution in [0.4, 0.5) is 0 Å². The zero-order chi connectivity index (χ0) is 22.1. The molecule has 31 heavy (non-hydrogen) atoms. The zero-order valence-corrected chi connectivity index (χ0v) is 17.5. The SMILES string of the molecule is COc1cc(C(=O)Oc2c(-c3ccc(Cl)c(Cl)c3)oc3ccccc3c2=O)ccc1O. The molecule has 3 aromatic carbocycles. The molecule has 0 aliphatic heterocycles. The van der Waals surface area contributed by atoms with Gasteiger partial charge in [0, 0.05) is 5.56 Å². The van der Waals surface area contributed by atoms with Gasteiger partial charge in [-0.2, -0.15) is 0 Å². The minimum atomic E-state index is -0.831. The Kier molecular flexibility index (Phi) is 5.59. The lowest BCUT2D eigenvalue weighted by atomic mass is 10.1. The van der Waals surface area contributed by atoms with Gasteiger partial charge in [0.1, 0.15) is 5.58 Å². The lowest BCUT2D eigenvalue weighted by Gasteiger charge is -2.12. The fourth-order valence-electron chi connectivity index (χ4n) is 3.00. The lowest BCUT2D eigenvalue weighted by Crippen LogP contribution is -2.16. The Balaban J connectivity index is 1.87. The first-order valence-electron chi connectivity index (χ1n) is 8.99. The number of hydrogen-bond acceptors (Lipinski definition) is 6. The first-order valence-corrected chi connectivity index (χ1v) is 9.75. The van der Waals surface area contributed by atoms with Crippen LogP contribution >= 0.6 is 23.2 Å². The smallest absolute Gasteiger partial charge is 0.343 e. The van der Waals surface area contributed by atoms with Gasteiger partial charge in [-0.3, -0.25) is 4.79 Å². The number of carbonyl (C=O) groups is 1. The van der Waals surface area contributed by atoms with Gasteiger partial charge in [-0.15, -0.1) is 0 Å². The molecule has 4 aromatic rings. The van der Waals surface area contributed by atoms with Gasteiger partial charge in [-0.1, -0.05) is 35.3 Å². The highest BCUT2D eigenvalue weighted by molar-refractivity contribution is 6.42. The second-order valence-corrected chi connectivity index (χ2v) is 7.31. The molecule has 0 spiro atoms. The third-order valence-electron chi connectivity index (χ3n) is 4.55. The number of phenols is 1. The Hall–Kier alpha value is -3.48. The fraction of sp³-hybridized carbons (Fsp3) is 0.0435. The molecule has 0 atom stereocenters. The Morgan fingerprint density at radius 2 is 1.77 bits per heavy atom. The number of phenolic OH excluding ortho intramolecular Hbond substituents is 1. The molecule has 4 rings (SSSR count). The molecule has 0 bridgehead atoms. The van der Waals surface area contributed by atoms with E-state index in [4.69, 9.17) is 37.1 Å². The van der Waals surface area contributed by atoms with Crippen molar-refractivity contribution in [1.29, 1.82) is 0 Å². The predicted molar refractivity (Wildman–Crippen MR) is 118 cm³/mol. The molecule has 0 aliphatic rings. The summed E-state index contributed by atoms with van der Waals surface area (Å²) in [5.41, 5.74) is 0.271. The second kappa shape index (κ2) is 8.34. The molecule has 0 saturated carbocycles. The molecule has 0 saturated heterocycles. The molecule has 8 heteroatoms. The number of rotatable bonds is 4. The largest absolute Gasteiger partial charge is 0.504 e. The van der Waals surface area contributed by atoms with Gasteiger partial charge >= 0.3 is 5.97 Å². The number of methoxy groups -OCH3 is 1. The van der Waals surface area contributed by atoms with Crippen LogP contribution in [-0.2, 0) is 0 Å². The van der Waals surface area contributed by atoms with E-state index in [2.05, 4.69) is 0 Å². The number of ether oxygens (including phenoxy) is 2. The van der Waals surface area contributed by atoms with Crippen LogP contribution < -0.4 is 14.9 Å². The summed E-state index contributed by atoms with van der Waals surface area (Å²) < 4.78 is 16.4. The maximum absolute atomic E-state index is 13.2. The van der Waals surface area contributed by atoms with E-state index < -0.39 is 11.4 Å². The van der Waals surface area contributed by atoms with Crippen LogP contribution in [0.25, 0.3) is 22.3 Å². The Labute approximate surface area is 186 Å². The minimum Gasteiger partial charge on any atom is -0.504 e. The van der Waals surface area contributed by atoms with Gasteiger partial charge in [0.2, 0.25) is 11.2 Å². The number of carbonyl (C=O) groups excluding carboxylic acids is 1.